The number of anilines is 1. The lowest BCUT2D eigenvalue weighted by Gasteiger charge is -2.09. The van der Waals surface area contributed by atoms with E-state index in [1.54, 1.807) is 7.11 Å². The van der Waals surface area contributed by atoms with Crippen molar-refractivity contribution in [2.45, 2.75) is 0 Å². The second kappa shape index (κ2) is 5.58. The van der Waals surface area contributed by atoms with Crippen LogP contribution in [0.4, 0.5) is 5.95 Å². The van der Waals surface area contributed by atoms with Crippen LogP contribution in [0.15, 0.2) is 54.6 Å². The highest BCUT2D eigenvalue weighted by Crippen LogP contribution is 2.30. The molecule has 0 aliphatic carbocycles. The van der Waals surface area contributed by atoms with Crippen LogP contribution in [0.1, 0.15) is 0 Å². The van der Waals surface area contributed by atoms with Crippen molar-refractivity contribution < 1.29 is 4.74 Å². The molecule has 5 heteroatoms. The van der Waals surface area contributed by atoms with Gasteiger partial charge < -0.3 is 10.5 Å². The van der Waals surface area contributed by atoms with Crippen LogP contribution >= 0.6 is 0 Å². The molecule has 2 N–H and O–H groups in total. The van der Waals surface area contributed by atoms with Crippen LogP contribution in [0.5, 0.6) is 5.75 Å². The molecule has 0 fully saturated rings. The molecular weight excluding hydrogens is 264 g/mol. The molecule has 0 saturated carbocycles. The lowest BCUT2D eigenvalue weighted by Crippen LogP contribution is -2.02. The molecule has 0 aliphatic heterocycles. The molecule has 21 heavy (non-hydrogen) atoms. The van der Waals surface area contributed by atoms with Crippen LogP contribution in [0.3, 0.4) is 0 Å². The zero-order valence-electron chi connectivity index (χ0n) is 11.5. The second-order valence-corrected chi connectivity index (χ2v) is 4.47. The molecule has 0 saturated heterocycles. The Morgan fingerprint density at radius 2 is 1.62 bits per heavy atom. The Hall–Kier alpha value is -2.95. The van der Waals surface area contributed by atoms with Crippen molar-refractivity contribution >= 4 is 5.95 Å². The predicted octanol–water partition coefficient (Wildman–Crippen LogP) is 2.80. The monoisotopic (exact) mass is 278 g/mol. The van der Waals surface area contributed by atoms with Crippen molar-refractivity contribution in [2.24, 2.45) is 0 Å². The van der Waals surface area contributed by atoms with Gasteiger partial charge in [-0.1, -0.05) is 42.5 Å². The zero-order chi connectivity index (χ0) is 14.7. The quantitative estimate of drug-likeness (QED) is 0.797. The molecule has 0 amide bonds. The highest BCUT2D eigenvalue weighted by atomic mass is 16.5. The molecular formula is C16H14N4O. The van der Waals surface area contributed by atoms with E-state index in [4.69, 9.17) is 10.5 Å². The number of ether oxygens (including phenoxy) is 1. The summed E-state index contributed by atoms with van der Waals surface area (Å²) < 4.78 is 5.25. The maximum absolute atomic E-state index is 5.69. The minimum Gasteiger partial charge on any atom is -0.497 e. The molecule has 0 aliphatic rings. The van der Waals surface area contributed by atoms with E-state index in [0.29, 0.717) is 11.4 Å². The van der Waals surface area contributed by atoms with Crippen molar-refractivity contribution in [1.29, 1.82) is 0 Å². The third-order valence-electron chi connectivity index (χ3n) is 3.09. The van der Waals surface area contributed by atoms with E-state index in [9.17, 15) is 0 Å². The van der Waals surface area contributed by atoms with E-state index in [1.165, 1.54) is 0 Å². The third-order valence-corrected chi connectivity index (χ3v) is 3.09. The number of methoxy groups -OCH3 is 1. The van der Waals surface area contributed by atoms with Gasteiger partial charge in [-0.05, 0) is 12.1 Å². The van der Waals surface area contributed by atoms with Crippen LogP contribution < -0.4 is 10.5 Å². The van der Waals surface area contributed by atoms with Gasteiger partial charge in [0, 0.05) is 11.1 Å². The first kappa shape index (κ1) is 13.1. The summed E-state index contributed by atoms with van der Waals surface area (Å²) in [7, 11) is 1.63. The number of rotatable bonds is 3. The number of aromatic nitrogens is 3. The summed E-state index contributed by atoms with van der Waals surface area (Å²) in [5, 5.41) is 8.08. The molecule has 1 aromatic heterocycles. The fourth-order valence-electron chi connectivity index (χ4n) is 2.10. The molecule has 3 aromatic rings. The number of benzene rings is 2. The van der Waals surface area contributed by atoms with E-state index < -0.39 is 0 Å². The van der Waals surface area contributed by atoms with Crippen molar-refractivity contribution in [3.63, 3.8) is 0 Å². The first-order chi connectivity index (χ1) is 10.3. The summed E-state index contributed by atoms with van der Waals surface area (Å²) >= 11 is 0. The summed E-state index contributed by atoms with van der Waals surface area (Å²) in [5.74, 6) is 0.908. The average molecular weight is 278 g/mol. The van der Waals surface area contributed by atoms with Crippen LogP contribution in [0.2, 0.25) is 0 Å². The number of hydrogen-bond donors (Lipinski definition) is 1. The Labute approximate surface area is 122 Å². The Kier molecular flexibility index (Phi) is 3.47. The van der Waals surface area contributed by atoms with Gasteiger partial charge in [-0.2, -0.15) is 0 Å². The van der Waals surface area contributed by atoms with E-state index in [1.807, 2.05) is 54.6 Å². The minimum atomic E-state index is 0.153. The number of nitrogens with two attached hydrogens (primary N) is 1. The molecule has 1 heterocycles. The third kappa shape index (κ3) is 2.67. The topological polar surface area (TPSA) is 73.9 Å². The predicted molar refractivity (Wildman–Crippen MR) is 81.7 cm³/mol. The maximum Gasteiger partial charge on any atom is 0.240 e. The van der Waals surface area contributed by atoms with Gasteiger partial charge in [0.15, 0.2) is 0 Å². The van der Waals surface area contributed by atoms with E-state index >= 15 is 0 Å². The summed E-state index contributed by atoms with van der Waals surface area (Å²) in [6.07, 6.45) is 0. The Balaban J connectivity index is 2.18. The lowest BCUT2D eigenvalue weighted by atomic mass is 10.0. The Morgan fingerprint density at radius 1 is 0.857 bits per heavy atom. The molecule has 5 nitrogen and oxygen atoms in total. The number of nitrogen functional groups attached to an aromatic ring is 1. The fraction of sp³-hybridized carbons (Fsp3) is 0.0625. The average Bonchev–Trinajstić information content (AvgIpc) is 2.55. The largest absolute Gasteiger partial charge is 0.497 e. The minimum absolute atomic E-state index is 0.153. The molecule has 0 bridgehead atoms. The first-order valence-corrected chi connectivity index (χ1v) is 6.48. The van der Waals surface area contributed by atoms with Crippen molar-refractivity contribution in [3.8, 4) is 28.3 Å². The smallest absolute Gasteiger partial charge is 0.240 e. The summed E-state index contributed by atoms with van der Waals surface area (Å²) in [4.78, 5) is 4.34. The Bertz CT molecular complexity index is 759. The maximum atomic E-state index is 5.69. The number of hydrogen-bond acceptors (Lipinski definition) is 5. The fourth-order valence-corrected chi connectivity index (χ4v) is 2.10. The van der Waals surface area contributed by atoms with E-state index in [-0.39, 0.29) is 5.95 Å². The SMILES string of the molecule is COc1cccc(-c2nnc(N)nc2-c2ccccc2)c1. The van der Waals surface area contributed by atoms with Crippen LogP contribution in [-0.2, 0) is 0 Å². The van der Waals surface area contributed by atoms with Gasteiger partial charge in [-0.15, -0.1) is 10.2 Å². The molecule has 2 aromatic carbocycles. The summed E-state index contributed by atoms with van der Waals surface area (Å²) in [5.41, 5.74) is 8.89. The highest BCUT2D eigenvalue weighted by molar-refractivity contribution is 5.78. The van der Waals surface area contributed by atoms with Crippen LogP contribution in [0.25, 0.3) is 22.5 Å². The van der Waals surface area contributed by atoms with Crippen LogP contribution in [0, 0.1) is 0 Å². The van der Waals surface area contributed by atoms with Crippen LogP contribution in [-0.4, -0.2) is 22.3 Å². The summed E-state index contributed by atoms with van der Waals surface area (Å²) in [6, 6.07) is 17.4. The van der Waals surface area contributed by atoms with E-state index in [2.05, 4.69) is 15.2 Å². The highest BCUT2D eigenvalue weighted by Gasteiger charge is 2.13. The molecule has 104 valence electrons. The van der Waals surface area contributed by atoms with Crippen molar-refractivity contribution in [3.05, 3.63) is 54.6 Å². The standard InChI is InChI=1S/C16H14N4O/c1-21-13-9-5-8-12(10-13)15-14(18-16(17)20-19-15)11-6-3-2-4-7-11/h2-10H,1H3,(H2,17,18,20). The first-order valence-electron chi connectivity index (χ1n) is 6.48. The number of nitrogens with zero attached hydrogens (tertiary/aromatic N) is 3. The van der Waals surface area contributed by atoms with Crippen molar-refractivity contribution in [2.75, 3.05) is 12.8 Å². The lowest BCUT2D eigenvalue weighted by molar-refractivity contribution is 0.415. The molecule has 0 unspecified atom stereocenters. The van der Waals surface area contributed by atoms with Gasteiger partial charge in [0.05, 0.1) is 7.11 Å². The van der Waals surface area contributed by atoms with Gasteiger partial charge in [0.1, 0.15) is 17.1 Å². The van der Waals surface area contributed by atoms with Gasteiger partial charge in [0.2, 0.25) is 5.95 Å². The van der Waals surface area contributed by atoms with Crippen molar-refractivity contribution in [1.82, 2.24) is 15.2 Å². The molecule has 0 radical (unpaired) electrons. The second-order valence-electron chi connectivity index (χ2n) is 4.47. The molecule has 0 spiro atoms. The molecule has 0 atom stereocenters. The molecule has 3 rings (SSSR count). The van der Waals surface area contributed by atoms with Gasteiger partial charge in [-0.3, -0.25) is 0 Å². The van der Waals surface area contributed by atoms with Gasteiger partial charge >= 0.3 is 0 Å². The zero-order valence-corrected chi connectivity index (χ0v) is 11.5. The van der Waals surface area contributed by atoms with Gasteiger partial charge in [-0.25, -0.2) is 4.98 Å². The summed E-state index contributed by atoms with van der Waals surface area (Å²) in [6.45, 7) is 0. The normalized spacial score (nSPS) is 10.3. The Morgan fingerprint density at radius 3 is 2.38 bits per heavy atom. The van der Waals surface area contributed by atoms with Gasteiger partial charge in [0.25, 0.3) is 0 Å². The van der Waals surface area contributed by atoms with E-state index in [0.717, 1.165) is 16.9 Å².